The molecule has 0 spiro atoms. The van der Waals surface area contributed by atoms with Gasteiger partial charge in [0.1, 0.15) is 0 Å². The average Bonchev–Trinajstić information content (AvgIpc) is 3.10. The van der Waals surface area contributed by atoms with E-state index in [1.54, 1.807) is 30.6 Å². The van der Waals surface area contributed by atoms with Gasteiger partial charge >= 0.3 is 0 Å². The minimum Gasteiger partial charge on any atom is -0.454 e. The zero-order valence-electron chi connectivity index (χ0n) is 13.0. The number of fused-ring (bicyclic) bond motifs is 1. The van der Waals surface area contributed by atoms with Crippen molar-refractivity contribution in [1.29, 1.82) is 0 Å². The van der Waals surface area contributed by atoms with Crippen molar-refractivity contribution in [1.82, 2.24) is 4.98 Å². The van der Waals surface area contributed by atoms with E-state index in [2.05, 4.69) is 15.2 Å². The van der Waals surface area contributed by atoms with E-state index in [-0.39, 0.29) is 12.7 Å². The van der Waals surface area contributed by atoms with Crippen LogP contribution in [0.2, 0.25) is 0 Å². The van der Waals surface area contributed by atoms with Gasteiger partial charge in [0.25, 0.3) is 5.91 Å². The van der Waals surface area contributed by atoms with Crippen molar-refractivity contribution in [3.63, 3.8) is 0 Å². The molecule has 2 aromatic rings. The Bertz CT molecular complexity index is 759. The number of hydrogen-bond acceptors (Lipinski definition) is 6. The number of nitrogens with one attached hydrogen (secondary N) is 1. The van der Waals surface area contributed by atoms with Crippen LogP contribution in [0.15, 0.2) is 36.7 Å². The molecule has 1 aromatic heterocycles. The Kier molecular flexibility index (Phi) is 3.92. The first-order chi connectivity index (χ1) is 11.8. The van der Waals surface area contributed by atoms with Gasteiger partial charge in [-0.3, -0.25) is 9.78 Å². The van der Waals surface area contributed by atoms with Gasteiger partial charge in [0.15, 0.2) is 11.5 Å². The van der Waals surface area contributed by atoms with Crippen molar-refractivity contribution in [2.75, 3.05) is 43.3 Å². The Balaban J connectivity index is 1.50. The van der Waals surface area contributed by atoms with Crippen LogP contribution in [-0.2, 0) is 4.74 Å². The van der Waals surface area contributed by atoms with E-state index in [1.165, 1.54) is 0 Å². The summed E-state index contributed by atoms with van der Waals surface area (Å²) in [5.74, 6) is 1.11. The number of benzene rings is 1. The molecule has 1 N–H and O–H groups in total. The fourth-order valence-corrected chi connectivity index (χ4v) is 2.72. The van der Waals surface area contributed by atoms with Crippen LogP contribution >= 0.6 is 0 Å². The second-order valence-corrected chi connectivity index (χ2v) is 5.55. The predicted octanol–water partition coefficient (Wildman–Crippen LogP) is 1.90. The van der Waals surface area contributed by atoms with E-state index in [0.717, 1.165) is 18.8 Å². The lowest BCUT2D eigenvalue weighted by molar-refractivity contribution is 0.102. The normalized spacial score (nSPS) is 16.1. The van der Waals surface area contributed by atoms with Gasteiger partial charge in [-0.1, -0.05) is 0 Å². The smallest absolute Gasteiger partial charge is 0.257 e. The van der Waals surface area contributed by atoms with Crippen LogP contribution in [0.5, 0.6) is 11.5 Å². The first-order valence-corrected chi connectivity index (χ1v) is 7.78. The molecule has 4 rings (SSSR count). The number of carbonyl (C=O) groups excluding carboxylic acids is 1. The summed E-state index contributed by atoms with van der Waals surface area (Å²) in [4.78, 5) is 18.8. The summed E-state index contributed by atoms with van der Waals surface area (Å²) in [6.07, 6.45) is 3.33. The molecule has 0 atom stereocenters. The highest BCUT2D eigenvalue weighted by molar-refractivity contribution is 6.04. The topological polar surface area (TPSA) is 72.9 Å². The van der Waals surface area contributed by atoms with E-state index < -0.39 is 0 Å². The van der Waals surface area contributed by atoms with Crippen molar-refractivity contribution in [3.05, 3.63) is 42.2 Å². The minimum absolute atomic E-state index is 0.207. The molecule has 0 radical (unpaired) electrons. The van der Waals surface area contributed by atoms with Crippen molar-refractivity contribution < 1.29 is 19.0 Å². The van der Waals surface area contributed by atoms with Crippen LogP contribution in [0.1, 0.15) is 10.4 Å². The molecule has 3 heterocycles. The zero-order chi connectivity index (χ0) is 16.4. The van der Waals surface area contributed by atoms with Crippen LogP contribution < -0.4 is 19.7 Å². The highest BCUT2D eigenvalue weighted by atomic mass is 16.7. The summed E-state index contributed by atoms with van der Waals surface area (Å²) >= 11 is 0. The standard InChI is InChI=1S/C17H17N3O4/c21-17(19-13-1-2-15-16(8-13)24-11-23-15)12-7-14(10-18-9-12)20-3-5-22-6-4-20/h1-2,7-10H,3-6,11H2,(H,19,21). The van der Waals surface area contributed by atoms with Gasteiger partial charge in [0.2, 0.25) is 6.79 Å². The lowest BCUT2D eigenvalue weighted by Gasteiger charge is -2.28. The number of hydrogen-bond donors (Lipinski definition) is 1. The Morgan fingerprint density at radius 3 is 2.79 bits per heavy atom. The third kappa shape index (κ3) is 2.98. The van der Waals surface area contributed by atoms with Crippen molar-refractivity contribution in [2.24, 2.45) is 0 Å². The molecule has 0 bridgehead atoms. The number of aromatic nitrogens is 1. The summed E-state index contributed by atoms with van der Waals surface area (Å²) in [6.45, 7) is 3.18. The summed E-state index contributed by atoms with van der Waals surface area (Å²) in [6, 6.07) is 7.16. The van der Waals surface area contributed by atoms with Gasteiger partial charge < -0.3 is 24.4 Å². The van der Waals surface area contributed by atoms with E-state index >= 15 is 0 Å². The molecule has 1 fully saturated rings. The monoisotopic (exact) mass is 327 g/mol. The van der Waals surface area contributed by atoms with Gasteiger partial charge in [0, 0.05) is 31.0 Å². The molecule has 2 aliphatic heterocycles. The Labute approximate surface area is 139 Å². The number of nitrogens with zero attached hydrogens (tertiary/aromatic N) is 2. The minimum atomic E-state index is -0.212. The molecule has 0 unspecified atom stereocenters. The highest BCUT2D eigenvalue weighted by Crippen LogP contribution is 2.34. The molecule has 1 aromatic carbocycles. The van der Waals surface area contributed by atoms with E-state index in [4.69, 9.17) is 14.2 Å². The highest BCUT2D eigenvalue weighted by Gasteiger charge is 2.16. The first-order valence-electron chi connectivity index (χ1n) is 7.78. The first kappa shape index (κ1) is 14.8. The number of pyridine rings is 1. The number of morpholine rings is 1. The summed E-state index contributed by atoms with van der Waals surface area (Å²) in [5.41, 5.74) is 2.09. The summed E-state index contributed by atoms with van der Waals surface area (Å²) in [5, 5.41) is 2.86. The second kappa shape index (κ2) is 6.37. The maximum atomic E-state index is 12.5. The molecule has 7 nitrogen and oxygen atoms in total. The van der Waals surface area contributed by atoms with Gasteiger partial charge in [-0.25, -0.2) is 0 Å². The third-order valence-corrected chi connectivity index (χ3v) is 3.99. The third-order valence-electron chi connectivity index (χ3n) is 3.99. The van der Waals surface area contributed by atoms with Crippen LogP contribution in [0.25, 0.3) is 0 Å². The predicted molar refractivity (Wildman–Crippen MR) is 87.8 cm³/mol. The second-order valence-electron chi connectivity index (χ2n) is 5.55. The zero-order valence-corrected chi connectivity index (χ0v) is 13.0. The van der Waals surface area contributed by atoms with E-state index in [0.29, 0.717) is 36.0 Å². The lowest BCUT2D eigenvalue weighted by Crippen LogP contribution is -2.36. The number of amides is 1. The van der Waals surface area contributed by atoms with Gasteiger partial charge in [-0.15, -0.1) is 0 Å². The van der Waals surface area contributed by atoms with Crippen molar-refractivity contribution in [2.45, 2.75) is 0 Å². The summed E-state index contributed by atoms with van der Waals surface area (Å²) in [7, 11) is 0. The molecule has 124 valence electrons. The largest absolute Gasteiger partial charge is 0.454 e. The lowest BCUT2D eigenvalue weighted by atomic mass is 10.2. The number of carbonyl (C=O) groups is 1. The number of ether oxygens (including phenoxy) is 3. The van der Waals surface area contributed by atoms with Crippen molar-refractivity contribution in [3.8, 4) is 11.5 Å². The Hall–Kier alpha value is -2.80. The van der Waals surface area contributed by atoms with Gasteiger partial charge in [0.05, 0.1) is 30.7 Å². The van der Waals surface area contributed by atoms with E-state index in [9.17, 15) is 4.79 Å². The van der Waals surface area contributed by atoms with Crippen LogP contribution in [0.4, 0.5) is 11.4 Å². The molecular weight excluding hydrogens is 310 g/mol. The number of rotatable bonds is 3. The molecule has 24 heavy (non-hydrogen) atoms. The molecule has 2 aliphatic rings. The molecule has 1 saturated heterocycles. The fraction of sp³-hybridized carbons (Fsp3) is 0.294. The fourth-order valence-electron chi connectivity index (χ4n) is 2.72. The van der Waals surface area contributed by atoms with Gasteiger partial charge in [-0.05, 0) is 18.2 Å². The van der Waals surface area contributed by atoms with E-state index in [1.807, 2.05) is 6.07 Å². The average molecular weight is 327 g/mol. The maximum absolute atomic E-state index is 12.5. The number of anilines is 2. The molecule has 0 aliphatic carbocycles. The summed E-state index contributed by atoms with van der Waals surface area (Å²) < 4.78 is 15.9. The SMILES string of the molecule is O=C(Nc1ccc2c(c1)OCO2)c1cncc(N2CCOCC2)c1. The van der Waals surface area contributed by atoms with Crippen LogP contribution in [0.3, 0.4) is 0 Å². The van der Waals surface area contributed by atoms with Crippen LogP contribution in [0, 0.1) is 0 Å². The molecule has 0 saturated carbocycles. The van der Waals surface area contributed by atoms with Crippen LogP contribution in [-0.4, -0.2) is 44.0 Å². The van der Waals surface area contributed by atoms with Crippen molar-refractivity contribution >= 4 is 17.3 Å². The Morgan fingerprint density at radius 2 is 1.92 bits per heavy atom. The Morgan fingerprint density at radius 1 is 1.08 bits per heavy atom. The molecule has 7 heteroatoms. The van der Waals surface area contributed by atoms with Gasteiger partial charge in [-0.2, -0.15) is 0 Å². The maximum Gasteiger partial charge on any atom is 0.257 e. The quantitative estimate of drug-likeness (QED) is 0.928. The molecular formula is C17H17N3O4. The molecule has 1 amide bonds.